The number of oxime groups is 1. The van der Waals surface area contributed by atoms with Crippen LogP contribution in [0.15, 0.2) is 58.4 Å². The fourth-order valence-corrected chi connectivity index (χ4v) is 5.69. The number of benzene rings is 2. The van der Waals surface area contributed by atoms with E-state index in [0.717, 1.165) is 11.0 Å². The molecule has 0 saturated carbocycles. The number of carbonyl (C=O) groups is 2. The Hall–Kier alpha value is -4.30. The van der Waals surface area contributed by atoms with Crippen LogP contribution in [0.3, 0.4) is 0 Å². The Balaban J connectivity index is 1.24. The maximum atomic E-state index is 15.3. The summed E-state index contributed by atoms with van der Waals surface area (Å²) < 4.78 is 46.8. The van der Waals surface area contributed by atoms with Gasteiger partial charge in [0, 0.05) is 29.2 Å². The van der Waals surface area contributed by atoms with Gasteiger partial charge in [0.05, 0.1) is 31.1 Å². The van der Waals surface area contributed by atoms with Crippen LogP contribution >= 0.6 is 0 Å². The van der Waals surface area contributed by atoms with E-state index in [1.165, 1.54) is 41.5 Å². The molecule has 2 amide bonds. The van der Waals surface area contributed by atoms with Crippen LogP contribution in [0, 0.1) is 11.6 Å². The lowest BCUT2D eigenvalue weighted by Gasteiger charge is -2.36. The monoisotopic (exact) mass is 628 g/mol. The lowest BCUT2D eigenvalue weighted by molar-refractivity contribution is 0.0427. The van der Waals surface area contributed by atoms with Gasteiger partial charge in [-0.1, -0.05) is 43.2 Å². The van der Waals surface area contributed by atoms with Gasteiger partial charge in [0.15, 0.2) is 20.2 Å². The van der Waals surface area contributed by atoms with Crippen LogP contribution in [0.5, 0.6) is 0 Å². The fraction of sp³-hybridized carbons (Fsp3) is 0.400. The van der Waals surface area contributed by atoms with Gasteiger partial charge < -0.3 is 23.6 Å². The first-order chi connectivity index (χ1) is 20.7. The third-order valence-corrected chi connectivity index (χ3v) is 12.7. The number of carboxylic acid groups (broad SMARTS) is 1. The minimum atomic E-state index is -1.96. The Kier molecular flexibility index (Phi) is 8.49. The Morgan fingerprint density at radius 3 is 2.43 bits per heavy atom. The topological polar surface area (TPSA) is 127 Å². The lowest BCUT2D eigenvalue weighted by Crippen LogP contribution is -2.42. The third kappa shape index (κ3) is 6.45. The number of rotatable bonds is 9. The number of ether oxygens (including phenoxy) is 1. The number of halogens is 2. The zero-order valence-electron chi connectivity index (χ0n) is 25.0. The van der Waals surface area contributed by atoms with Crippen LogP contribution in [-0.2, 0) is 14.0 Å². The van der Waals surface area contributed by atoms with E-state index >= 15 is 8.78 Å². The quantitative estimate of drug-likeness (QED) is 0.261. The molecule has 11 nitrogen and oxygen atoms in total. The summed E-state index contributed by atoms with van der Waals surface area (Å²) >= 11 is 0. The van der Waals surface area contributed by atoms with Crippen molar-refractivity contribution in [3.05, 3.63) is 65.9 Å². The molecule has 1 N–H and O–H groups in total. The Labute approximate surface area is 254 Å². The molecule has 2 aliphatic rings. The molecule has 2 aromatic carbocycles. The minimum absolute atomic E-state index is 0.00950. The predicted molar refractivity (Wildman–Crippen MR) is 160 cm³/mol. The summed E-state index contributed by atoms with van der Waals surface area (Å²) in [4.78, 5) is 31.8. The largest absolute Gasteiger partial charge is 0.465 e. The molecule has 0 aliphatic carbocycles. The second-order valence-corrected chi connectivity index (χ2v) is 17.1. The van der Waals surface area contributed by atoms with Crippen molar-refractivity contribution in [2.45, 2.75) is 57.5 Å². The second-order valence-electron chi connectivity index (χ2n) is 12.3. The van der Waals surface area contributed by atoms with E-state index in [9.17, 15) is 14.7 Å². The number of cyclic esters (lactones) is 1. The first-order valence-electron chi connectivity index (χ1n) is 14.1. The van der Waals surface area contributed by atoms with Crippen molar-refractivity contribution < 1.29 is 42.0 Å². The van der Waals surface area contributed by atoms with Crippen LogP contribution in [-0.4, -0.2) is 68.4 Å². The third-order valence-electron chi connectivity index (χ3n) is 8.22. The van der Waals surface area contributed by atoms with Gasteiger partial charge in [-0.15, -0.1) is 0 Å². The van der Waals surface area contributed by atoms with Crippen LogP contribution in [0.25, 0.3) is 11.1 Å². The molecule has 5 rings (SSSR count). The highest BCUT2D eigenvalue weighted by molar-refractivity contribution is 6.74. The Morgan fingerprint density at radius 2 is 1.82 bits per heavy atom. The molecule has 1 unspecified atom stereocenters. The molecule has 3 aromatic rings. The SMILES string of the molecule is CC(C)(C)[Si](C)(C)OCC1CC(c2ccc(-c3ccc(N4C[C@H](CN(C(=O)O)c5ccon5)OC4=O)cc3F)c(F)c2)=NO1. The van der Waals surface area contributed by atoms with Crippen molar-refractivity contribution in [3.8, 4) is 11.1 Å². The number of amides is 2. The van der Waals surface area contributed by atoms with Crippen LogP contribution in [0.1, 0.15) is 32.8 Å². The number of hydrogen-bond acceptors (Lipinski definition) is 8. The van der Waals surface area contributed by atoms with E-state index in [-0.39, 0.29) is 46.9 Å². The maximum absolute atomic E-state index is 15.3. The fourth-order valence-electron chi connectivity index (χ4n) is 4.66. The molecule has 0 spiro atoms. The molecule has 234 valence electrons. The number of aromatic nitrogens is 1. The summed E-state index contributed by atoms with van der Waals surface area (Å²) in [6.07, 6.45) is -1.50. The van der Waals surface area contributed by atoms with Gasteiger partial charge in [0.25, 0.3) is 0 Å². The first kappa shape index (κ1) is 31.1. The Morgan fingerprint density at radius 1 is 1.11 bits per heavy atom. The summed E-state index contributed by atoms with van der Waals surface area (Å²) in [7, 11) is -1.96. The smallest absolute Gasteiger partial charge is 0.414 e. The van der Waals surface area contributed by atoms with E-state index in [2.05, 4.69) is 44.2 Å². The standard InChI is InChI=1S/C30H34F2N4O7Si/c1-30(2,3)44(4,5)41-17-20-14-26(33-43-20)18-6-8-22(24(31)12-18)23-9-7-19(13-25(23)32)35-15-21(42-29(35)39)16-36(28(37)38)27-10-11-40-34-27/h6-13,20-21H,14-17H2,1-5H3,(H,37,38)/t20?,21-/m1/s1. The van der Waals surface area contributed by atoms with Crippen molar-refractivity contribution in [2.75, 3.05) is 29.5 Å². The van der Waals surface area contributed by atoms with Gasteiger partial charge in [0.1, 0.15) is 24.0 Å². The summed E-state index contributed by atoms with van der Waals surface area (Å²) in [5, 5.41) is 17.3. The average molecular weight is 629 g/mol. The molecular formula is C30H34F2N4O7Si. The normalized spacial score (nSPS) is 18.7. The maximum Gasteiger partial charge on any atom is 0.414 e. The number of anilines is 2. The van der Waals surface area contributed by atoms with Crippen molar-refractivity contribution >= 4 is 37.7 Å². The Bertz CT molecular complexity index is 1580. The summed E-state index contributed by atoms with van der Waals surface area (Å²) in [5.74, 6) is -1.34. The highest BCUT2D eigenvalue weighted by Gasteiger charge is 2.39. The summed E-state index contributed by atoms with van der Waals surface area (Å²) in [6, 6.07) is 9.77. The highest BCUT2D eigenvalue weighted by Crippen LogP contribution is 2.37. The van der Waals surface area contributed by atoms with Crippen molar-refractivity contribution in [2.24, 2.45) is 5.16 Å². The van der Waals surface area contributed by atoms with Gasteiger partial charge in [-0.2, -0.15) is 0 Å². The van der Waals surface area contributed by atoms with Crippen LogP contribution in [0.4, 0.5) is 29.9 Å². The van der Waals surface area contributed by atoms with Gasteiger partial charge in [-0.05, 0) is 42.4 Å². The molecule has 2 aliphatic heterocycles. The lowest BCUT2D eigenvalue weighted by atomic mass is 9.99. The molecule has 0 radical (unpaired) electrons. The molecule has 2 atom stereocenters. The number of carbonyl (C=O) groups excluding carboxylic acids is 1. The zero-order chi connectivity index (χ0) is 31.8. The van der Waals surface area contributed by atoms with Gasteiger partial charge in [0.2, 0.25) is 0 Å². The molecule has 1 fully saturated rings. The van der Waals surface area contributed by atoms with E-state index in [1.54, 1.807) is 6.07 Å². The van der Waals surface area contributed by atoms with Crippen LogP contribution in [0.2, 0.25) is 18.1 Å². The van der Waals surface area contributed by atoms with Gasteiger partial charge >= 0.3 is 12.2 Å². The number of hydrogen-bond donors (Lipinski definition) is 1. The molecule has 1 aromatic heterocycles. The van der Waals surface area contributed by atoms with Crippen molar-refractivity contribution in [3.63, 3.8) is 0 Å². The van der Waals surface area contributed by atoms with E-state index < -0.39 is 38.2 Å². The summed E-state index contributed by atoms with van der Waals surface area (Å²) in [6.45, 7) is 11.0. The van der Waals surface area contributed by atoms with E-state index in [1.807, 2.05) is 0 Å². The van der Waals surface area contributed by atoms with Crippen LogP contribution < -0.4 is 9.80 Å². The second kappa shape index (κ2) is 12.0. The minimum Gasteiger partial charge on any atom is -0.465 e. The zero-order valence-corrected chi connectivity index (χ0v) is 26.0. The van der Waals surface area contributed by atoms with Crippen molar-refractivity contribution in [1.29, 1.82) is 0 Å². The number of nitrogens with zero attached hydrogens (tertiary/aromatic N) is 4. The molecule has 1 saturated heterocycles. The highest BCUT2D eigenvalue weighted by atomic mass is 28.4. The van der Waals surface area contributed by atoms with Gasteiger partial charge in [-0.3, -0.25) is 9.80 Å². The predicted octanol–water partition coefficient (Wildman–Crippen LogP) is 6.64. The molecule has 0 bridgehead atoms. The molecule has 14 heteroatoms. The van der Waals surface area contributed by atoms with E-state index in [4.69, 9.17) is 18.5 Å². The molecule has 44 heavy (non-hydrogen) atoms. The van der Waals surface area contributed by atoms with E-state index in [0.29, 0.717) is 24.3 Å². The van der Waals surface area contributed by atoms with Gasteiger partial charge in [-0.25, -0.2) is 18.4 Å². The van der Waals surface area contributed by atoms with Crippen molar-refractivity contribution in [1.82, 2.24) is 5.16 Å². The first-order valence-corrected chi connectivity index (χ1v) is 17.0. The average Bonchev–Trinajstić information content (AvgIpc) is 3.72. The molecular weight excluding hydrogens is 594 g/mol. The summed E-state index contributed by atoms with van der Waals surface area (Å²) in [5.41, 5.74) is 1.35. The molecule has 3 heterocycles.